The minimum Gasteiger partial charge on any atom is -0.291 e. The SMILES string of the molecule is CCCC(=O)N1c2ccccc2-c2c(=O)[nH]c(SC)n[n+]2[C@@H]1c1ccc2ccccc2c1. The van der Waals surface area contributed by atoms with E-state index in [0.29, 0.717) is 22.8 Å². The molecule has 0 aliphatic carbocycles. The van der Waals surface area contributed by atoms with Crippen molar-refractivity contribution in [2.24, 2.45) is 0 Å². The molecule has 1 aliphatic rings. The zero-order valence-electron chi connectivity index (χ0n) is 17.9. The number of fused-ring (bicyclic) bond motifs is 4. The van der Waals surface area contributed by atoms with E-state index in [1.807, 2.05) is 55.6 Å². The monoisotopic (exact) mass is 443 g/mol. The maximum atomic E-state index is 13.5. The van der Waals surface area contributed by atoms with Gasteiger partial charge in [-0.05, 0) is 52.4 Å². The quantitative estimate of drug-likeness (QED) is 0.377. The van der Waals surface area contributed by atoms with Gasteiger partial charge in [-0.2, -0.15) is 0 Å². The van der Waals surface area contributed by atoms with Crippen LogP contribution in [0, 0.1) is 0 Å². The molecule has 32 heavy (non-hydrogen) atoms. The van der Waals surface area contributed by atoms with Crippen LogP contribution in [0.1, 0.15) is 31.5 Å². The number of thioether (sulfide) groups is 1. The Kier molecular flexibility index (Phi) is 5.27. The Morgan fingerprint density at radius 1 is 1.09 bits per heavy atom. The van der Waals surface area contributed by atoms with Crippen molar-refractivity contribution in [3.8, 4) is 11.3 Å². The summed E-state index contributed by atoms with van der Waals surface area (Å²) in [6.07, 6.45) is 2.45. The van der Waals surface area contributed by atoms with E-state index in [9.17, 15) is 9.59 Å². The number of aromatic amines is 1. The number of hydrogen-bond acceptors (Lipinski definition) is 4. The van der Waals surface area contributed by atoms with Gasteiger partial charge in [0.15, 0.2) is 0 Å². The largest absolute Gasteiger partial charge is 0.325 e. The van der Waals surface area contributed by atoms with Crippen LogP contribution < -0.4 is 15.1 Å². The zero-order valence-corrected chi connectivity index (χ0v) is 18.7. The first-order valence-electron chi connectivity index (χ1n) is 10.6. The fraction of sp³-hybridized carbons (Fsp3) is 0.200. The van der Waals surface area contributed by atoms with Gasteiger partial charge in [-0.1, -0.05) is 61.2 Å². The summed E-state index contributed by atoms with van der Waals surface area (Å²) >= 11 is 1.37. The van der Waals surface area contributed by atoms with Crippen molar-refractivity contribution in [1.29, 1.82) is 0 Å². The number of H-pyrrole nitrogens is 1. The average Bonchev–Trinajstić information content (AvgIpc) is 2.82. The number of anilines is 1. The molecule has 3 aromatic carbocycles. The molecule has 7 heteroatoms. The van der Waals surface area contributed by atoms with Crippen LogP contribution in [-0.4, -0.2) is 22.2 Å². The topological polar surface area (TPSA) is 69.9 Å². The number of hydrogen-bond donors (Lipinski definition) is 1. The van der Waals surface area contributed by atoms with Gasteiger partial charge in [0.1, 0.15) is 0 Å². The number of benzene rings is 3. The van der Waals surface area contributed by atoms with Gasteiger partial charge in [0.25, 0.3) is 6.17 Å². The van der Waals surface area contributed by atoms with E-state index < -0.39 is 6.17 Å². The summed E-state index contributed by atoms with van der Waals surface area (Å²) in [5.41, 5.74) is 2.57. The molecule has 0 saturated heterocycles. The predicted molar refractivity (Wildman–Crippen MR) is 127 cm³/mol. The zero-order chi connectivity index (χ0) is 22.2. The molecule has 4 aromatic rings. The average molecular weight is 444 g/mol. The Bertz CT molecular complexity index is 1400. The van der Waals surface area contributed by atoms with E-state index in [-0.39, 0.29) is 11.5 Å². The van der Waals surface area contributed by atoms with Crippen molar-refractivity contribution in [3.63, 3.8) is 0 Å². The lowest BCUT2D eigenvalue weighted by molar-refractivity contribution is -0.763. The summed E-state index contributed by atoms with van der Waals surface area (Å²) in [7, 11) is 0. The lowest BCUT2D eigenvalue weighted by Gasteiger charge is -2.32. The van der Waals surface area contributed by atoms with Crippen molar-refractivity contribution < 1.29 is 9.48 Å². The molecule has 5 rings (SSSR count). The number of para-hydroxylation sites is 1. The third kappa shape index (κ3) is 3.29. The van der Waals surface area contributed by atoms with Crippen molar-refractivity contribution in [3.05, 3.63) is 82.6 Å². The fourth-order valence-electron chi connectivity index (χ4n) is 4.34. The molecular weight excluding hydrogens is 420 g/mol. The van der Waals surface area contributed by atoms with Crippen molar-refractivity contribution in [2.45, 2.75) is 31.1 Å². The first-order valence-corrected chi connectivity index (χ1v) is 11.8. The molecule has 0 radical (unpaired) electrons. The van der Waals surface area contributed by atoms with Crippen LogP contribution in [0.4, 0.5) is 5.69 Å². The summed E-state index contributed by atoms with van der Waals surface area (Å²) in [4.78, 5) is 31.3. The summed E-state index contributed by atoms with van der Waals surface area (Å²) in [5, 5.41) is 7.45. The lowest BCUT2D eigenvalue weighted by Crippen LogP contribution is -2.60. The van der Waals surface area contributed by atoms with Crippen LogP contribution in [0.3, 0.4) is 0 Å². The van der Waals surface area contributed by atoms with Gasteiger partial charge in [-0.3, -0.25) is 14.6 Å². The highest BCUT2D eigenvalue weighted by Gasteiger charge is 2.45. The number of carbonyl (C=O) groups is 1. The molecule has 2 heterocycles. The second-order valence-corrected chi connectivity index (χ2v) is 8.56. The number of amides is 1. The molecule has 0 fully saturated rings. The van der Waals surface area contributed by atoms with Gasteiger partial charge in [-0.15, -0.1) is 0 Å². The minimum atomic E-state index is -0.559. The van der Waals surface area contributed by atoms with Crippen LogP contribution in [0.5, 0.6) is 0 Å². The van der Waals surface area contributed by atoms with E-state index >= 15 is 0 Å². The van der Waals surface area contributed by atoms with Crippen LogP contribution in [0.15, 0.2) is 76.7 Å². The normalized spacial score (nSPS) is 14.8. The Morgan fingerprint density at radius 3 is 2.62 bits per heavy atom. The van der Waals surface area contributed by atoms with Gasteiger partial charge in [-0.25, -0.2) is 4.90 Å². The number of rotatable bonds is 4. The molecule has 0 bridgehead atoms. The maximum Gasteiger partial charge on any atom is 0.325 e. The van der Waals surface area contributed by atoms with E-state index in [4.69, 9.17) is 5.10 Å². The third-order valence-electron chi connectivity index (χ3n) is 5.76. The van der Waals surface area contributed by atoms with Gasteiger partial charge in [0, 0.05) is 17.1 Å². The number of nitrogens with zero attached hydrogens (tertiary/aromatic N) is 3. The summed E-state index contributed by atoms with van der Waals surface area (Å²) in [6, 6.07) is 21.8. The van der Waals surface area contributed by atoms with Crippen LogP contribution >= 0.6 is 11.8 Å². The number of aromatic nitrogens is 3. The summed E-state index contributed by atoms with van der Waals surface area (Å²) in [6.45, 7) is 1.99. The van der Waals surface area contributed by atoms with Gasteiger partial charge >= 0.3 is 11.3 Å². The molecule has 0 unspecified atom stereocenters. The molecule has 1 aromatic heterocycles. The van der Waals surface area contributed by atoms with E-state index in [0.717, 1.165) is 28.4 Å². The highest BCUT2D eigenvalue weighted by molar-refractivity contribution is 7.98. The molecule has 6 nitrogen and oxygen atoms in total. The van der Waals surface area contributed by atoms with E-state index in [1.54, 1.807) is 9.58 Å². The molecule has 0 spiro atoms. The molecule has 1 amide bonds. The van der Waals surface area contributed by atoms with Crippen molar-refractivity contribution in [1.82, 2.24) is 10.1 Å². The van der Waals surface area contributed by atoms with Crippen LogP contribution in [-0.2, 0) is 4.79 Å². The maximum absolute atomic E-state index is 13.5. The third-order valence-corrected chi connectivity index (χ3v) is 6.33. The Morgan fingerprint density at radius 2 is 1.84 bits per heavy atom. The summed E-state index contributed by atoms with van der Waals surface area (Å²) < 4.78 is 1.71. The van der Waals surface area contributed by atoms with Crippen molar-refractivity contribution >= 4 is 34.1 Å². The Hall–Kier alpha value is -3.45. The smallest absolute Gasteiger partial charge is 0.291 e. The van der Waals surface area contributed by atoms with Crippen molar-refractivity contribution in [2.75, 3.05) is 11.2 Å². The summed E-state index contributed by atoms with van der Waals surface area (Å²) in [5.74, 6) is 0.00374. The van der Waals surface area contributed by atoms with Gasteiger partial charge in [0.05, 0.1) is 11.3 Å². The van der Waals surface area contributed by atoms with Crippen LogP contribution in [0.25, 0.3) is 22.0 Å². The highest BCUT2D eigenvalue weighted by atomic mass is 32.2. The Labute approximate surface area is 189 Å². The number of nitrogens with one attached hydrogen (secondary N) is 1. The number of carbonyl (C=O) groups excluding carboxylic acids is 1. The first-order chi connectivity index (χ1) is 15.6. The fourth-order valence-corrected chi connectivity index (χ4v) is 4.70. The van der Waals surface area contributed by atoms with E-state index in [1.165, 1.54) is 11.8 Å². The molecule has 1 aliphatic heterocycles. The standard InChI is InChI=1S/C25H22N4O2S/c1-3-8-21(30)28-20-12-7-6-11-19(20)22-23(31)26-25(32-2)27-29(22)24(28)18-14-13-16-9-4-5-10-17(16)15-18/h4-7,9-15,24H,3,8H2,1-2H3/p+1/t24-/m1/s1. The van der Waals surface area contributed by atoms with E-state index in [2.05, 4.69) is 29.2 Å². The lowest BCUT2D eigenvalue weighted by atomic mass is 9.99. The molecule has 160 valence electrons. The van der Waals surface area contributed by atoms with Crippen LogP contribution in [0.2, 0.25) is 0 Å². The highest BCUT2D eigenvalue weighted by Crippen LogP contribution is 2.38. The van der Waals surface area contributed by atoms with Gasteiger partial charge < -0.3 is 0 Å². The second-order valence-electron chi connectivity index (χ2n) is 7.77. The molecule has 1 atom stereocenters. The molecule has 1 N–H and O–H groups in total. The van der Waals surface area contributed by atoms with Gasteiger partial charge in [0.2, 0.25) is 11.1 Å². The second kappa shape index (κ2) is 8.24. The predicted octanol–water partition coefficient (Wildman–Crippen LogP) is 4.29. The minimum absolute atomic E-state index is 0.00374. The Balaban J connectivity index is 1.83. The molecular formula is C25H23N4O2S+. The first kappa shape index (κ1) is 20.5. The molecule has 0 saturated carbocycles.